The molecule has 63 heavy (non-hydrogen) atoms. The zero-order valence-corrected chi connectivity index (χ0v) is 36.8. The van der Waals surface area contributed by atoms with Gasteiger partial charge in [-0.15, -0.1) is 0 Å². The molecule has 0 saturated carbocycles. The molecule has 5 heterocycles. The minimum Gasteiger partial charge on any atom is -0.490 e. The minimum absolute atomic E-state index is 0.0921. The van der Waals surface area contributed by atoms with Crippen LogP contribution in [0.1, 0.15) is 63.1 Å². The van der Waals surface area contributed by atoms with Crippen LogP contribution in [-0.4, -0.2) is 68.5 Å². The molecule has 2 aliphatic rings. The maximum atomic E-state index is 6.09. The van der Waals surface area contributed by atoms with E-state index in [1.165, 1.54) is 5.56 Å². The number of aromatic amines is 1. The molecule has 14 nitrogen and oxygen atoms in total. The Bertz CT molecular complexity index is 2560. The second kappa shape index (κ2) is 20.0. The molecule has 0 radical (unpaired) electrons. The normalized spacial score (nSPS) is 14.6. The van der Waals surface area contributed by atoms with E-state index in [2.05, 4.69) is 102 Å². The summed E-state index contributed by atoms with van der Waals surface area (Å²) in [7, 11) is 0. The fraction of sp³-hybridized carbons (Fsp3) is 0.327. The summed E-state index contributed by atoms with van der Waals surface area (Å²) < 4.78 is 12.2. The Labute approximate surface area is 369 Å². The lowest BCUT2D eigenvalue weighted by Gasteiger charge is -2.23. The van der Waals surface area contributed by atoms with Gasteiger partial charge >= 0.3 is 0 Å². The Kier molecular flexibility index (Phi) is 13.6. The van der Waals surface area contributed by atoms with E-state index in [4.69, 9.17) is 14.5 Å². The van der Waals surface area contributed by atoms with Crippen molar-refractivity contribution < 1.29 is 9.47 Å². The molecule has 326 valence electrons. The zero-order chi connectivity index (χ0) is 43.6. The first-order chi connectivity index (χ1) is 30.6. The number of hydrogen-bond acceptors (Lipinski definition) is 13. The molecule has 7 aromatic rings. The van der Waals surface area contributed by atoms with Crippen LogP contribution in [0.4, 0.5) is 46.3 Å². The molecule has 0 spiro atoms. The third kappa shape index (κ3) is 11.8. The molecule has 4 aromatic carbocycles. The van der Waals surface area contributed by atoms with Crippen LogP contribution in [0.15, 0.2) is 110 Å². The number of rotatable bonds is 12. The van der Waals surface area contributed by atoms with Crippen molar-refractivity contribution in [3.8, 4) is 11.5 Å². The number of aryl methyl sites for hydroxylation is 2. The highest BCUT2D eigenvalue weighted by Crippen LogP contribution is 2.29. The molecule has 0 aliphatic carbocycles. The van der Waals surface area contributed by atoms with Crippen LogP contribution in [0.3, 0.4) is 0 Å². The first-order valence-electron chi connectivity index (χ1n) is 21.8. The molecule has 2 saturated heterocycles. The number of nitrogens with zero attached hydrogens (tertiary/aromatic N) is 5. The minimum atomic E-state index is 0.0921. The Hall–Kier alpha value is -6.77. The summed E-state index contributed by atoms with van der Waals surface area (Å²) in [5.41, 5.74) is 8.08. The van der Waals surface area contributed by atoms with E-state index in [-0.39, 0.29) is 11.5 Å². The lowest BCUT2D eigenvalue weighted by atomic mass is 9.87. The van der Waals surface area contributed by atoms with Gasteiger partial charge in [-0.2, -0.15) is 15.1 Å². The maximum Gasteiger partial charge on any atom is 0.229 e. The van der Waals surface area contributed by atoms with Crippen LogP contribution in [0.25, 0.3) is 10.9 Å². The van der Waals surface area contributed by atoms with Gasteiger partial charge < -0.3 is 41.4 Å². The third-order valence-corrected chi connectivity index (χ3v) is 11.1. The third-order valence-electron chi connectivity index (χ3n) is 11.1. The molecule has 0 atom stereocenters. The zero-order valence-electron chi connectivity index (χ0n) is 36.8. The molecule has 0 unspecified atom stereocenters. The Morgan fingerprint density at radius 1 is 0.571 bits per heavy atom. The van der Waals surface area contributed by atoms with Gasteiger partial charge in [0.05, 0.1) is 17.4 Å². The predicted molar refractivity (Wildman–Crippen MR) is 254 cm³/mol. The first-order valence-corrected chi connectivity index (χ1v) is 21.8. The molecule has 0 bridgehead atoms. The highest BCUT2D eigenvalue weighted by Gasteiger charge is 2.17. The Balaban J connectivity index is 0.000000173. The number of nitrogens with one attached hydrogen (secondary N) is 7. The number of piperidine rings is 2. The van der Waals surface area contributed by atoms with Gasteiger partial charge in [0.25, 0.3) is 0 Å². The quantitative estimate of drug-likeness (QED) is 0.0621. The molecule has 3 aromatic heterocycles. The van der Waals surface area contributed by atoms with Crippen molar-refractivity contribution in [2.24, 2.45) is 0 Å². The largest absolute Gasteiger partial charge is 0.490 e. The lowest BCUT2D eigenvalue weighted by molar-refractivity contribution is 0.162. The van der Waals surface area contributed by atoms with Crippen LogP contribution >= 0.6 is 0 Å². The van der Waals surface area contributed by atoms with Crippen LogP contribution in [0, 0.1) is 13.8 Å². The summed E-state index contributed by atoms with van der Waals surface area (Å²) in [6.45, 7) is 14.7. The molecule has 7 N–H and O–H groups in total. The van der Waals surface area contributed by atoms with E-state index in [0.717, 1.165) is 120 Å². The standard InChI is InChI=1S/C26H33N5O.C23H25N7O/c1-18-17-28-25(31-24(18)29-21-7-5-6-19(16-21)26(2,3)4)30-20-8-10-22(11-9-20)32-23-12-14-27-15-13-23;1-15-13-25-23(29-22(15)28-20-3-2-4-21-19(20)14-26-30-21)27-16-5-7-17(8-6-16)31-18-9-11-24-12-10-18/h5-11,16-17,23,27H,12-15H2,1-4H3,(H2,28,29,30,31);2-8,13-14,18,24H,9-12H2,1H3,(H,26,30)(H2,25,27,28,29). The Morgan fingerprint density at radius 3 is 1.63 bits per heavy atom. The van der Waals surface area contributed by atoms with E-state index in [1.807, 2.05) is 93.0 Å². The summed E-state index contributed by atoms with van der Waals surface area (Å²) in [6, 6.07) is 30.4. The number of ether oxygens (including phenoxy) is 2. The van der Waals surface area contributed by atoms with Gasteiger partial charge in [-0.3, -0.25) is 5.10 Å². The van der Waals surface area contributed by atoms with Crippen LogP contribution < -0.4 is 41.4 Å². The topological polar surface area (TPSA) is 171 Å². The Morgan fingerprint density at radius 2 is 1.10 bits per heavy atom. The van der Waals surface area contributed by atoms with Crippen molar-refractivity contribution in [3.63, 3.8) is 0 Å². The fourth-order valence-electron chi connectivity index (χ4n) is 7.37. The van der Waals surface area contributed by atoms with Gasteiger partial charge in [0, 0.05) is 46.0 Å². The summed E-state index contributed by atoms with van der Waals surface area (Å²) in [6.07, 6.45) is 10.2. The summed E-state index contributed by atoms with van der Waals surface area (Å²) >= 11 is 0. The number of anilines is 8. The SMILES string of the molecule is Cc1cnc(Nc2ccc(OC3CCNCC3)cc2)nc1Nc1cccc(C(C)(C)C)c1.Cc1cnc(Nc2ccc(OC3CCNCC3)cc2)nc1Nc1cccc2[nH]ncc12. The molecular weight excluding hydrogens is 789 g/mol. The van der Waals surface area contributed by atoms with Crippen LogP contribution in [0.5, 0.6) is 11.5 Å². The van der Waals surface area contributed by atoms with Crippen LogP contribution in [0.2, 0.25) is 0 Å². The first kappa shape index (κ1) is 42.9. The smallest absolute Gasteiger partial charge is 0.229 e. The van der Waals surface area contributed by atoms with Gasteiger partial charge in [-0.25, -0.2) is 9.97 Å². The lowest BCUT2D eigenvalue weighted by Crippen LogP contribution is -2.34. The van der Waals surface area contributed by atoms with E-state index in [9.17, 15) is 0 Å². The van der Waals surface area contributed by atoms with E-state index in [1.54, 1.807) is 6.20 Å². The summed E-state index contributed by atoms with van der Waals surface area (Å²) in [5.74, 6) is 4.40. The number of fused-ring (bicyclic) bond motifs is 1. The van der Waals surface area contributed by atoms with Crippen molar-refractivity contribution in [1.29, 1.82) is 0 Å². The van der Waals surface area contributed by atoms with Crippen molar-refractivity contribution in [1.82, 2.24) is 40.8 Å². The van der Waals surface area contributed by atoms with Gasteiger partial charge in [-0.1, -0.05) is 39.0 Å². The molecule has 2 fully saturated rings. The molecule has 9 rings (SSSR count). The van der Waals surface area contributed by atoms with Crippen molar-refractivity contribution >= 4 is 57.2 Å². The number of hydrogen-bond donors (Lipinski definition) is 7. The van der Waals surface area contributed by atoms with E-state index < -0.39 is 0 Å². The van der Waals surface area contributed by atoms with Gasteiger partial charge in [-0.05, 0) is 149 Å². The van der Waals surface area contributed by atoms with Gasteiger partial charge in [0.15, 0.2) is 0 Å². The molecular formula is C49H58N12O2. The highest BCUT2D eigenvalue weighted by atomic mass is 16.5. The second-order valence-electron chi connectivity index (χ2n) is 17.1. The maximum absolute atomic E-state index is 6.09. The van der Waals surface area contributed by atoms with E-state index in [0.29, 0.717) is 18.0 Å². The van der Waals surface area contributed by atoms with Crippen molar-refractivity contribution in [2.45, 2.75) is 77.9 Å². The average Bonchev–Trinajstić information content (AvgIpc) is 3.79. The van der Waals surface area contributed by atoms with E-state index >= 15 is 0 Å². The number of H-pyrrole nitrogens is 1. The fourth-order valence-corrected chi connectivity index (χ4v) is 7.37. The van der Waals surface area contributed by atoms with Crippen molar-refractivity contribution in [3.05, 3.63) is 126 Å². The number of benzene rings is 4. The predicted octanol–water partition coefficient (Wildman–Crippen LogP) is 9.98. The molecule has 14 heteroatoms. The highest BCUT2D eigenvalue weighted by molar-refractivity contribution is 5.92. The van der Waals surface area contributed by atoms with Crippen LogP contribution in [-0.2, 0) is 5.41 Å². The number of aromatic nitrogens is 6. The van der Waals surface area contributed by atoms with Gasteiger partial charge in [0.2, 0.25) is 11.9 Å². The molecule has 0 amide bonds. The van der Waals surface area contributed by atoms with Gasteiger partial charge in [0.1, 0.15) is 35.3 Å². The summed E-state index contributed by atoms with van der Waals surface area (Å²) in [5, 5.41) is 28.3. The average molecular weight is 847 g/mol. The molecule has 2 aliphatic heterocycles. The van der Waals surface area contributed by atoms with Crippen molar-refractivity contribution in [2.75, 3.05) is 47.4 Å². The summed E-state index contributed by atoms with van der Waals surface area (Å²) in [4.78, 5) is 18.2. The second-order valence-corrected chi connectivity index (χ2v) is 17.1. The monoisotopic (exact) mass is 846 g/mol.